The molecular weight excluding hydrogens is 517 g/mol. The number of azide groups is 1. The number of nitrogens with zero attached hydrogens (tertiary/aromatic N) is 5. The molecule has 0 radical (unpaired) electrons. The lowest BCUT2D eigenvalue weighted by Crippen LogP contribution is -2.33. The van der Waals surface area contributed by atoms with E-state index in [1.807, 2.05) is 0 Å². The van der Waals surface area contributed by atoms with E-state index in [-0.39, 0.29) is 13.0 Å². The van der Waals surface area contributed by atoms with Gasteiger partial charge in [-0.1, -0.05) is 25.9 Å². The molecule has 1 aromatic carbocycles. The Morgan fingerprint density at radius 1 is 1.26 bits per heavy atom. The Hall–Kier alpha value is -3.12. The maximum atomic E-state index is 12.4. The van der Waals surface area contributed by atoms with Crippen LogP contribution in [0.25, 0.3) is 10.4 Å². The normalized spacial score (nSPS) is 20.1. The van der Waals surface area contributed by atoms with E-state index in [2.05, 4.69) is 45.8 Å². The molecular formula is C23H36N7O7P. The fourth-order valence-electron chi connectivity index (χ4n) is 3.73. The lowest BCUT2D eigenvalue weighted by Gasteiger charge is -2.19. The van der Waals surface area contributed by atoms with Gasteiger partial charge in [0.25, 0.3) is 5.56 Å². The lowest BCUT2D eigenvalue weighted by atomic mass is 10.1. The van der Waals surface area contributed by atoms with Crippen LogP contribution in [-0.2, 0) is 13.8 Å². The van der Waals surface area contributed by atoms with Crippen LogP contribution in [0.4, 0.5) is 5.69 Å². The van der Waals surface area contributed by atoms with Crippen molar-refractivity contribution in [3.05, 3.63) is 67.3 Å². The van der Waals surface area contributed by atoms with Gasteiger partial charge in [-0.3, -0.25) is 24.0 Å². The summed E-state index contributed by atoms with van der Waals surface area (Å²) in [5.74, 6) is 0.578. The van der Waals surface area contributed by atoms with E-state index >= 15 is 0 Å². The number of benzene rings is 1. The average molecular weight is 554 g/mol. The number of hydrogen-bond donors (Lipinski definition) is 3. The Morgan fingerprint density at radius 2 is 1.89 bits per heavy atom. The first-order valence-corrected chi connectivity index (χ1v) is 13.8. The monoisotopic (exact) mass is 553 g/mol. The number of nitrogens with one attached hydrogen (secondary N) is 2. The van der Waals surface area contributed by atoms with Crippen LogP contribution in [0.15, 0.2) is 45.2 Å². The van der Waals surface area contributed by atoms with Gasteiger partial charge in [0, 0.05) is 28.8 Å². The predicted octanol–water partition coefficient (Wildman–Crippen LogP) is 3.40. The van der Waals surface area contributed by atoms with Gasteiger partial charge in [0.05, 0.1) is 25.9 Å². The largest absolute Gasteiger partial charge is 0.497 e. The van der Waals surface area contributed by atoms with Crippen LogP contribution in [0, 0.1) is 6.92 Å². The molecule has 15 heteroatoms. The van der Waals surface area contributed by atoms with Gasteiger partial charge < -0.3 is 19.3 Å². The van der Waals surface area contributed by atoms with Crippen molar-refractivity contribution < 1.29 is 23.5 Å². The SMILES string of the molecule is CCN(CC)CC.COc1ccc(NP(=O)(O)OC[C@H]2O[C@@H](n3cc(C)c(=O)[nH]c3=O)CC2N=[N+]=[N-])cc1. The number of aromatic nitrogens is 2. The van der Waals surface area contributed by atoms with Gasteiger partial charge >= 0.3 is 13.4 Å². The van der Waals surface area contributed by atoms with Gasteiger partial charge in [0.2, 0.25) is 0 Å². The van der Waals surface area contributed by atoms with Crippen LogP contribution < -0.4 is 21.1 Å². The molecule has 2 aromatic rings. The summed E-state index contributed by atoms with van der Waals surface area (Å²) in [4.78, 5) is 41.1. The summed E-state index contributed by atoms with van der Waals surface area (Å²) in [7, 11) is -2.77. The summed E-state index contributed by atoms with van der Waals surface area (Å²) in [6, 6.07) is 5.54. The zero-order chi connectivity index (χ0) is 28.3. The molecule has 1 aliphatic heterocycles. The van der Waals surface area contributed by atoms with Crippen LogP contribution in [0.2, 0.25) is 0 Å². The third-order valence-corrected chi connectivity index (χ3v) is 7.02. The molecule has 0 bridgehead atoms. The predicted molar refractivity (Wildman–Crippen MR) is 143 cm³/mol. The molecule has 1 aromatic heterocycles. The van der Waals surface area contributed by atoms with Crippen molar-refractivity contribution in [3.63, 3.8) is 0 Å². The lowest BCUT2D eigenvalue weighted by molar-refractivity contribution is -0.0237. The van der Waals surface area contributed by atoms with Gasteiger partial charge in [-0.05, 0) is 56.4 Å². The fraction of sp³-hybridized carbons (Fsp3) is 0.565. The average Bonchev–Trinajstić information content (AvgIpc) is 3.29. The summed E-state index contributed by atoms with van der Waals surface area (Å²) >= 11 is 0. The van der Waals surface area contributed by atoms with Crippen molar-refractivity contribution in [3.8, 4) is 5.75 Å². The van der Waals surface area contributed by atoms with Crippen LogP contribution >= 0.6 is 7.75 Å². The number of aryl methyl sites for hydroxylation is 1. The molecule has 1 saturated heterocycles. The van der Waals surface area contributed by atoms with Crippen molar-refractivity contribution in [1.29, 1.82) is 0 Å². The maximum absolute atomic E-state index is 12.4. The topological polar surface area (TPSA) is 184 Å². The summed E-state index contributed by atoms with van der Waals surface area (Å²) in [5, 5.41) is 6.02. The first kappa shape index (κ1) is 31.1. The minimum absolute atomic E-state index is 0.116. The molecule has 38 heavy (non-hydrogen) atoms. The molecule has 3 N–H and O–H groups in total. The Bertz CT molecular complexity index is 1230. The summed E-state index contributed by atoms with van der Waals surface area (Å²) < 4.78 is 29.4. The van der Waals surface area contributed by atoms with Crippen LogP contribution in [0.3, 0.4) is 0 Å². The van der Waals surface area contributed by atoms with Crippen LogP contribution in [0.5, 0.6) is 5.75 Å². The van der Waals surface area contributed by atoms with Crippen molar-refractivity contribution in [1.82, 2.24) is 14.5 Å². The van der Waals surface area contributed by atoms with E-state index in [4.69, 9.17) is 19.5 Å². The number of ether oxygens (including phenoxy) is 2. The highest BCUT2D eigenvalue weighted by molar-refractivity contribution is 7.54. The van der Waals surface area contributed by atoms with Gasteiger partial charge in [-0.25, -0.2) is 9.36 Å². The van der Waals surface area contributed by atoms with E-state index < -0.39 is 37.4 Å². The number of hydrogen-bond acceptors (Lipinski definition) is 8. The van der Waals surface area contributed by atoms with Gasteiger partial charge in [-0.15, -0.1) is 0 Å². The molecule has 2 unspecified atom stereocenters. The van der Waals surface area contributed by atoms with Gasteiger partial charge in [0.15, 0.2) is 0 Å². The Balaban J connectivity index is 0.000000638. The zero-order valence-electron chi connectivity index (χ0n) is 22.2. The van der Waals surface area contributed by atoms with Crippen molar-refractivity contribution >= 4 is 13.4 Å². The maximum Gasteiger partial charge on any atom is 0.430 e. The van der Waals surface area contributed by atoms with E-state index in [1.54, 1.807) is 24.3 Å². The Kier molecular flexibility index (Phi) is 12.0. The van der Waals surface area contributed by atoms with Gasteiger partial charge in [-0.2, -0.15) is 0 Å². The first-order valence-electron chi connectivity index (χ1n) is 12.2. The molecule has 0 spiro atoms. The quantitative estimate of drug-likeness (QED) is 0.162. The molecule has 210 valence electrons. The minimum atomic E-state index is -4.27. The highest BCUT2D eigenvalue weighted by Gasteiger charge is 2.38. The molecule has 2 heterocycles. The van der Waals surface area contributed by atoms with Crippen LogP contribution in [-0.4, -0.2) is 64.8 Å². The second-order valence-corrected chi connectivity index (χ2v) is 9.91. The molecule has 1 fully saturated rings. The highest BCUT2D eigenvalue weighted by atomic mass is 31.2. The Labute approximate surface area is 220 Å². The summed E-state index contributed by atoms with van der Waals surface area (Å²) in [5.41, 5.74) is 8.25. The van der Waals surface area contributed by atoms with E-state index in [9.17, 15) is 19.0 Å². The third kappa shape index (κ3) is 9.02. The van der Waals surface area contributed by atoms with Crippen molar-refractivity contribution in [2.24, 2.45) is 5.11 Å². The number of rotatable bonds is 11. The number of methoxy groups -OCH3 is 1. The Morgan fingerprint density at radius 3 is 2.42 bits per heavy atom. The molecule has 3 rings (SSSR count). The van der Waals surface area contributed by atoms with Crippen molar-refractivity contribution in [2.45, 2.75) is 52.5 Å². The second-order valence-electron chi connectivity index (χ2n) is 8.39. The third-order valence-electron chi connectivity index (χ3n) is 5.98. The molecule has 0 saturated carbocycles. The number of H-pyrrole nitrogens is 1. The summed E-state index contributed by atoms with van der Waals surface area (Å²) in [6.07, 6.45) is -0.284. The smallest absolute Gasteiger partial charge is 0.430 e. The molecule has 14 nitrogen and oxygen atoms in total. The number of anilines is 1. The molecule has 1 aliphatic rings. The molecule has 0 amide bonds. The van der Waals surface area contributed by atoms with E-state index in [0.717, 1.165) is 0 Å². The van der Waals surface area contributed by atoms with Gasteiger partial charge in [0.1, 0.15) is 12.0 Å². The fourth-order valence-corrected chi connectivity index (χ4v) is 4.62. The number of aromatic amines is 1. The minimum Gasteiger partial charge on any atom is -0.497 e. The molecule has 0 aliphatic carbocycles. The zero-order valence-corrected chi connectivity index (χ0v) is 23.1. The molecule has 4 atom stereocenters. The van der Waals surface area contributed by atoms with Crippen molar-refractivity contribution in [2.75, 3.05) is 38.4 Å². The second kappa shape index (κ2) is 14.7. The van der Waals surface area contributed by atoms with Crippen LogP contribution in [0.1, 0.15) is 39.0 Å². The highest BCUT2D eigenvalue weighted by Crippen LogP contribution is 2.43. The standard InChI is InChI=1S/C17H21N6O7P.C6H15N/c1-10-8-23(17(25)19-16(10)24)15-7-13(20-22-18)14(30-15)9-29-31(26,27)21-11-3-5-12(28-2)6-4-11;1-4-7(5-2)6-3/h3-6,8,13-15H,7,9H2,1-2H3,(H,19,24,25)(H2,21,26,27);4-6H2,1-3H3/t13?,14-,15-;/m1./s1. The first-order chi connectivity index (χ1) is 18.1. The van der Waals surface area contributed by atoms with E-state index in [1.165, 1.54) is 44.4 Å². The van der Waals surface area contributed by atoms with E-state index in [0.29, 0.717) is 17.0 Å². The summed E-state index contributed by atoms with van der Waals surface area (Å²) in [6.45, 7) is 11.3.